The van der Waals surface area contributed by atoms with Crippen LogP contribution < -0.4 is 5.73 Å². The van der Waals surface area contributed by atoms with Crippen LogP contribution in [0, 0.1) is 5.82 Å². The molecule has 2 aliphatic rings. The largest absolute Gasteiger partial charge is 0.459 e. The zero-order valence-corrected chi connectivity index (χ0v) is 11.9. The third-order valence-corrected chi connectivity index (χ3v) is 4.49. The molecule has 1 spiro atoms. The van der Waals surface area contributed by atoms with Gasteiger partial charge in [-0.05, 0) is 43.9 Å². The highest BCUT2D eigenvalue weighted by molar-refractivity contribution is 5.90. The first-order valence-corrected chi connectivity index (χ1v) is 7.48. The zero-order valence-electron chi connectivity index (χ0n) is 11.9. The van der Waals surface area contributed by atoms with Crippen molar-refractivity contribution in [2.24, 2.45) is 0 Å². The van der Waals surface area contributed by atoms with E-state index in [0.29, 0.717) is 0 Å². The number of hydrogen-bond acceptors (Lipinski definition) is 4. The molecule has 1 unspecified atom stereocenters. The van der Waals surface area contributed by atoms with Crippen molar-refractivity contribution in [2.45, 2.75) is 50.2 Å². The summed E-state index contributed by atoms with van der Waals surface area (Å²) >= 11 is 0. The summed E-state index contributed by atoms with van der Waals surface area (Å²) in [5.74, 6) is -1.02. The predicted octanol–water partition coefficient (Wildman–Crippen LogP) is 3.06. The van der Waals surface area contributed by atoms with E-state index in [0.717, 1.165) is 25.7 Å². The monoisotopic (exact) mass is 293 g/mol. The van der Waals surface area contributed by atoms with Crippen LogP contribution in [-0.4, -0.2) is 24.3 Å². The molecule has 1 aromatic carbocycles. The van der Waals surface area contributed by atoms with Gasteiger partial charge in [-0.2, -0.15) is 0 Å². The molecule has 2 fully saturated rings. The lowest BCUT2D eigenvalue weighted by Crippen LogP contribution is -2.27. The molecule has 0 radical (unpaired) electrons. The van der Waals surface area contributed by atoms with Gasteiger partial charge in [0.25, 0.3) is 0 Å². The number of carbonyl (C=O) groups excluding carboxylic acids is 1. The van der Waals surface area contributed by atoms with Crippen LogP contribution in [0.5, 0.6) is 0 Å². The van der Waals surface area contributed by atoms with Gasteiger partial charge in [-0.1, -0.05) is 12.8 Å². The third-order valence-electron chi connectivity index (χ3n) is 4.49. The molecule has 1 heterocycles. The summed E-state index contributed by atoms with van der Waals surface area (Å²) in [6.45, 7) is 0.248. The first-order valence-electron chi connectivity index (χ1n) is 7.48. The van der Waals surface area contributed by atoms with Crippen LogP contribution in [0.3, 0.4) is 0 Å². The molecule has 1 aliphatic heterocycles. The number of rotatable bonds is 3. The van der Waals surface area contributed by atoms with Gasteiger partial charge in [0, 0.05) is 0 Å². The maximum absolute atomic E-state index is 13.1. The van der Waals surface area contributed by atoms with Gasteiger partial charge < -0.3 is 15.2 Å². The Balaban J connectivity index is 1.53. The molecule has 1 atom stereocenters. The number of ether oxygens (including phenoxy) is 2. The van der Waals surface area contributed by atoms with Gasteiger partial charge in [0.1, 0.15) is 12.4 Å². The van der Waals surface area contributed by atoms with E-state index in [2.05, 4.69) is 0 Å². The van der Waals surface area contributed by atoms with E-state index >= 15 is 0 Å². The van der Waals surface area contributed by atoms with Gasteiger partial charge in [-0.25, -0.2) is 9.18 Å². The molecule has 3 rings (SSSR count). The Bertz CT molecular complexity index is 540. The van der Waals surface area contributed by atoms with E-state index < -0.39 is 11.8 Å². The molecule has 114 valence electrons. The average molecular weight is 293 g/mol. The van der Waals surface area contributed by atoms with Gasteiger partial charge >= 0.3 is 5.97 Å². The summed E-state index contributed by atoms with van der Waals surface area (Å²) in [6, 6.07) is 3.85. The van der Waals surface area contributed by atoms with Crippen LogP contribution in [-0.2, 0) is 9.47 Å². The fourth-order valence-electron chi connectivity index (χ4n) is 3.32. The summed E-state index contributed by atoms with van der Waals surface area (Å²) in [4.78, 5) is 11.9. The van der Waals surface area contributed by atoms with Crippen molar-refractivity contribution < 1.29 is 18.7 Å². The first-order chi connectivity index (χ1) is 10.1. The number of nitrogen functional groups attached to an aromatic ring is 1. The quantitative estimate of drug-likeness (QED) is 0.687. The molecule has 5 heteroatoms. The van der Waals surface area contributed by atoms with Crippen LogP contribution in [0.25, 0.3) is 0 Å². The lowest BCUT2D eigenvalue weighted by atomic mass is 9.98. The van der Waals surface area contributed by atoms with Crippen LogP contribution in [0.1, 0.15) is 48.9 Å². The molecule has 1 saturated carbocycles. The van der Waals surface area contributed by atoms with Crippen LogP contribution in [0.2, 0.25) is 0 Å². The smallest absolute Gasteiger partial charge is 0.338 e. The van der Waals surface area contributed by atoms with E-state index in [1.165, 1.54) is 31.0 Å². The van der Waals surface area contributed by atoms with Gasteiger partial charge in [0.15, 0.2) is 0 Å². The number of nitrogens with two attached hydrogens (primary N) is 1. The summed E-state index contributed by atoms with van der Waals surface area (Å²) in [5, 5.41) is 0. The maximum atomic E-state index is 13.1. The minimum absolute atomic E-state index is 0.0233. The van der Waals surface area contributed by atoms with Crippen molar-refractivity contribution in [3.63, 3.8) is 0 Å². The Hall–Kier alpha value is -1.62. The van der Waals surface area contributed by atoms with Gasteiger partial charge in [-0.3, -0.25) is 0 Å². The summed E-state index contributed by atoms with van der Waals surface area (Å²) < 4.78 is 24.4. The fourth-order valence-corrected chi connectivity index (χ4v) is 3.32. The van der Waals surface area contributed by atoms with Crippen LogP contribution >= 0.6 is 0 Å². The number of esters is 1. The van der Waals surface area contributed by atoms with Crippen molar-refractivity contribution in [1.82, 2.24) is 0 Å². The molecule has 21 heavy (non-hydrogen) atoms. The molecule has 0 amide bonds. The molecule has 2 N–H and O–H groups in total. The lowest BCUT2D eigenvalue weighted by Gasteiger charge is -2.23. The van der Waals surface area contributed by atoms with E-state index in [9.17, 15) is 9.18 Å². The van der Waals surface area contributed by atoms with Crippen LogP contribution in [0.15, 0.2) is 18.2 Å². The molecule has 0 bridgehead atoms. The molecule has 1 aromatic rings. The Labute approximate surface area is 123 Å². The van der Waals surface area contributed by atoms with E-state index in [4.69, 9.17) is 15.2 Å². The molecular formula is C16H20FNO3. The van der Waals surface area contributed by atoms with E-state index in [-0.39, 0.29) is 29.6 Å². The van der Waals surface area contributed by atoms with Crippen molar-refractivity contribution in [3.8, 4) is 0 Å². The highest BCUT2D eigenvalue weighted by Gasteiger charge is 2.42. The number of carbonyl (C=O) groups is 1. The van der Waals surface area contributed by atoms with E-state index in [1.807, 2.05) is 0 Å². The topological polar surface area (TPSA) is 61.6 Å². The van der Waals surface area contributed by atoms with Crippen LogP contribution in [0.4, 0.5) is 10.1 Å². The van der Waals surface area contributed by atoms with Gasteiger partial charge in [0.2, 0.25) is 0 Å². The van der Waals surface area contributed by atoms with Crippen molar-refractivity contribution in [1.29, 1.82) is 0 Å². The zero-order chi connectivity index (χ0) is 14.9. The molecule has 1 saturated heterocycles. The second kappa shape index (κ2) is 5.64. The third kappa shape index (κ3) is 3.02. The summed E-state index contributed by atoms with van der Waals surface area (Å²) in [7, 11) is 0. The summed E-state index contributed by atoms with van der Waals surface area (Å²) in [5.41, 5.74) is 5.70. The second-order valence-electron chi connectivity index (χ2n) is 6.00. The van der Waals surface area contributed by atoms with Crippen molar-refractivity contribution >= 4 is 11.7 Å². The molecular weight excluding hydrogens is 273 g/mol. The highest BCUT2D eigenvalue weighted by atomic mass is 19.1. The predicted molar refractivity (Wildman–Crippen MR) is 76.4 cm³/mol. The Kier molecular flexibility index (Phi) is 3.85. The minimum Gasteiger partial charge on any atom is -0.459 e. The molecule has 1 aliphatic carbocycles. The first kappa shape index (κ1) is 14.3. The standard InChI is InChI=1S/C16H20FNO3/c17-13-4-3-11(9-14(13)18)15(19)20-10-12-5-8-16(21-12)6-1-2-7-16/h3-4,9,12H,1-2,5-8,10,18H2. The average Bonchev–Trinajstić information content (AvgIpc) is 3.10. The molecule has 4 nitrogen and oxygen atoms in total. The van der Waals surface area contributed by atoms with Gasteiger partial charge in [-0.15, -0.1) is 0 Å². The number of halogens is 1. The number of hydrogen-bond donors (Lipinski definition) is 1. The Morgan fingerprint density at radius 1 is 1.38 bits per heavy atom. The SMILES string of the molecule is Nc1cc(C(=O)OCC2CCC3(CCCC3)O2)ccc1F. The Morgan fingerprint density at radius 3 is 2.86 bits per heavy atom. The Morgan fingerprint density at radius 2 is 2.14 bits per heavy atom. The number of anilines is 1. The van der Waals surface area contributed by atoms with Crippen molar-refractivity contribution in [3.05, 3.63) is 29.6 Å². The van der Waals surface area contributed by atoms with E-state index in [1.54, 1.807) is 0 Å². The minimum atomic E-state index is -0.533. The normalized spacial score (nSPS) is 23.6. The maximum Gasteiger partial charge on any atom is 0.338 e. The second-order valence-corrected chi connectivity index (χ2v) is 6.00. The molecule has 0 aromatic heterocycles. The lowest BCUT2D eigenvalue weighted by molar-refractivity contribution is -0.0598. The van der Waals surface area contributed by atoms with Gasteiger partial charge in [0.05, 0.1) is 23.0 Å². The summed E-state index contributed by atoms with van der Waals surface area (Å²) in [6.07, 6.45) is 6.64. The fraction of sp³-hybridized carbons (Fsp3) is 0.562. The highest BCUT2D eigenvalue weighted by Crippen LogP contribution is 2.43. The van der Waals surface area contributed by atoms with Crippen molar-refractivity contribution in [2.75, 3.05) is 12.3 Å². The number of benzene rings is 1.